The fourth-order valence-electron chi connectivity index (χ4n) is 1.35. The summed E-state index contributed by atoms with van der Waals surface area (Å²) in [5.41, 5.74) is 2.36. The average molecular weight is 265 g/mol. The van der Waals surface area contributed by atoms with E-state index in [0.717, 1.165) is 9.37 Å². The maximum Gasteiger partial charge on any atom is 0.0175 e. The summed E-state index contributed by atoms with van der Waals surface area (Å²) in [4.78, 5) is 1.01. The van der Waals surface area contributed by atoms with Gasteiger partial charge in [-0.25, -0.2) is 0 Å². The molecule has 70 valence electrons. The lowest BCUT2D eigenvalue weighted by atomic mass is 10.1. The molecule has 0 amide bonds. The lowest BCUT2D eigenvalue weighted by Gasteiger charge is -2.04. The van der Waals surface area contributed by atoms with Gasteiger partial charge >= 0.3 is 0 Å². The van der Waals surface area contributed by atoms with E-state index < -0.39 is 0 Å². The van der Waals surface area contributed by atoms with E-state index in [-0.39, 0.29) is 0 Å². The van der Waals surface area contributed by atoms with E-state index in [9.17, 15) is 0 Å². The third kappa shape index (κ3) is 2.02. The van der Waals surface area contributed by atoms with Gasteiger partial charge in [-0.15, -0.1) is 12.6 Å². The van der Waals surface area contributed by atoms with Gasteiger partial charge in [0.2, 0.25) is 0 Å². The molecule has 0 aliphatic heterocycles. The van der Waals surface area contributed by atoms with Gasteiger partial charge in [-0.3, -0.25) is 0 Å². The molecule has 0 aliphatic carbocycles. The second-order valence-corrected chi connectivity index (χ2v) is 4.42. The van der Waals surface area contributed by atoms with E-state index in [0.29, 0.717) is 0 Å². The second-order valence-electron chi connectivity index (χ2n) is 3.02. The van der Waals surface area contributed by atoms with Crippen molar-refractivity contribution in [1.29, 1.82) is 0 Å². The molecular weight excluding hydrogens is 256 g/mol. The lowest BCUT2D eigenvalue weighted by molar-refractivity contribution is 1.45. The molecule has 0 fully saturated rings. The Morgan fingerprint density at radius 3 is 2.14 bits per heavy atom. The predicted molar refractivity (Wildman–Crippen MR) is 66.8 cm³/mol. The highest BCUT2D eigenvalue weighted by Gasteiger charge is 2.00. The summed E-state index contributed by atoms with van der Waals surface area (Å²) in [6.45, 7) is 0. The van der Waals surface area contributed by atoms with Crippen molar-refractivity contribution < 1.29 is 0 Å². The number of halogens is 1. The molecule has 0 spiro atoms. The van der Waals surface area contributed by atoms with E-state index in [4.69, 9.17) is 0 Å². The maximum atomic E-state index is 4.42. The quantitative estimate of drug-likeness (QED) is 0.726. The molecule has 0 N–H and O–H groups in total. The van der Waals surface area contributed by atoms with Crippen molar-refractivity contribution >= 4 is 28.6 Å². The highest BCUT2D eigenvalue weighted by Crippen LogP contribution is 2.27. The summed E-state index contributed by atoms with van der Waals surface area (Å²) < 4.78 is 1.10. The molecule has 2 rings (SSSR count). The van der Waals surface area contributed by atoms with Crippen molar-refractivity contribution in [3.8, 4) is 11.1 Å². The molecule has 0 atom stereocenters. The van der Waals surface area contributed by atoms with E-state index >= 15 is 0 Å². The van der Waals surface area contributed by atoms with Crippen LogP contribution in [0.2, 0.25) is 0 Å². The number of hydrogen-bond acceptors (Lipinski definition) is 1. The van der Waals surface area contributed by atoms with Gasteiger partial charge in [-0.2, -0.15) is 0 Å². The van der Waals surface area contributed by atoms with Gasteiger partial charge in [0.25, 0.3) is 0 Å². The zero-order valence-corrected chi connectivity index (χ0v) is 9.92. The van der Waals surface area contributed by atoms with Gasteiger partial charge in [0.15, 0.2) is 0 Å². The van der Waals surface area contributed by atoms with Crippen molar-refractivity contribution in [2.45, 2.75) is 4.90 Å². The summed E-state index contributed by atoms with van der Waals surface area (Å²) in [6, 6.07) is 16.3. The minimum atomic E-state index is 1.01. The summed E-state index contributed by atoms with van der Waals surface area (Å²) in [6.07, 6.45) is 0. The van der Waals surface area contributed by atoms with Crippen LogP contribution in [0.5, 0.6) is 0 Å². The minimum Gasteiger partial charge on any atom is -0.143 e. The largest absolute Gasteiger partial charge is 0.143 e. The monoisotopic (exact) mass is 264 g/mol. The number of hydrogen-bond donors (Lipinski definition) is 1. The van der Waals surface area contributed by atoms with Crippen molar-refractivity contribution in [3.63, 3.8) is 0 Å². The molecule has 0 aliphatic rings. The van der Waals surface area contributed by atoms with Crippen LogP contribution in [0.25, 0.3) is 11.1 Å². The number of rotatable bonds is 1. The summed E-state index contributed by atoms with van der Waals surface area (Å²) in [5.74, 6) is 0. The van der Waals surface area contributed by atoms with Crippen LogP contribution in [0.15, 0.2) is 57.9 Å². The molecule has 0 unspecified atom stereocenters. The van der Waals surface area contributed by atoms with Crippen molar-refractivity contribution in [2.24, 2.45) is 0 Å². The van der Waals surface area contributed by atoms with Crippen LogP contribution in [0, 0.1) is 0 Å². The Labute approximate surface area is 97.5 Å². The molecule has 2 aromatic rings. The first-order valence-electron chi connectivity index (χ1n) is 4.31. The molecule has 14 heavy (non-hydrogen) atoms. The zero-order valence-electron chi connectivity index (χ0n) is 7.44. The van der Waals surface area contributed by atoms with Gasteiger partial charge in [0, 0.05) is 9.37 Å². The number of benzene rings is 2. The number of thiol groups is 1. The zero-order chi connectivity index (χ0) is 9.97. The van der Waals surface area contributed by atoms with Gasteiger partial charge in [-0.05, 0) is 29.3 Å². The fraction of sp³-hybridized carbons (Fsp3) is 0. The van der Waals surface area contributed by atoms with Gasteiger partial charge < -0.3 is 0 Å². The van der Waals surface area contributed by atoms with Gasteiger partial charge in [0.05, 0.1) is 0 Å². The first kappa shape index (κ1) is 9.81. The van der Waals surface area contributed by atoms with Crippen LogP contribution in [0.4, 0.5) is 0 Å². The Morgan fingerprint density at radius 1 is 0.857 bits per heavy atom. The van der Waals surface area contributed by atoms with Crippen LogP contribution < -0.4 is 0 Å². The Balaban J connectivity index is 2.50. The molecule has 0 bridgehead atoms. The molecule has 0 heterocycles. The average Bonchev–Trinajstić information content (AvgIpc) is 2.20. The molecule has 0 nitrogen and oxygen atoms in total. The Bertz CT molecular complexity index is 434. The van der Waals surface area contributed by atoms with Crippen molar-refractivity contribution in [1.82, 2.24) is 0 Å². The van der Waals surface area contributed by atoms with E-state index in [1.807, 2.05) is 30.3 Å². The SMILES string of the molecule is Sc1ccccc1-c1ccc(Br)cc1. The van der Waals surface area contributed by atoms with Crippen molar-refractivity contribution in [2.75, 3.05) is 0 Å². The molecule has 2 heteroatoms. The third-order valence-electron chi connectivity index (χ3n) is 2.06. The smallest absolute Gasteiger partial charge is 0.0175 e. The van der Waals surface area contributed by atoms with E-state index in [2.05, 4.69) is 46.8 Å². The Morgan fingerprint density at radius 2 is 1.50 bits per heavy atom. The highest BCUT2D eigenvalue weighted by molar-refractivity contribution is 9.10. The molecular formula is C12H9BrS. The second kappa shape index (κ2) is 4.20. The topological polar surface area (TPSA) is 0 Å². The fourth-order valence-corrected chi connectivity index (χ4v) is 1.90. The molecule has 0 aromatic heterocycles. The predicted octanol–water partition coefficient (Wildman–Crippen LogP) is 4.40. The first-order valence-corrected chi connectivity index (χ1v) is 5.55. The third-order valence-corrected chi connectivity index (χ3v) is 2.98. The van der Waals surface area contributed by atoms with E-state index in [1.54, 1.807) is 0 Å². The Hall–Kier alpha value is -0.730. The molecule has 0 radical (unpaired) electrons. The Kier molecular flexibility index (Phi) is 2.94. The lowest BCUT2D eigenvalue weighted by Crippen LogP contribution is -1.78. The maximum absolute atomic E-state index is 4.42. The van der Waals surface area contributed by atoms with Crippen LogP contribution in [0.1, 0.15) is 0 Å². The summed E-state index contributed by atoms with van der Waals surface area (Å²) in [7, 11) is 0. The van der Waals surface area contributed by atoms with Crippen LogP contribution in [-0.4, -0.2) is 0 Å². The van der Waals surface area contributed by atoms with Gasteiger partial charge in [0.1, 0.15) is 0 Å². The highest BCUT2D eigenvalue weighted by atomic mass is 79.9. The summed E-state index contributed by atoms with van der Waals surface area (Å²) >= 11 is 7.84. The van der Waals surface area contributed by atoms with E-state index in [1.165, 1.54) is 11.1 Å². The molecule has 0 saturated carbocycles. The minimum absolute atomic E-state index is 1.01. The van der Waals surface area contributed by atoms with Crippen LogP contribution >= 0.6 is 28.6 Å². The van der Waals surface area contributed by atoms with Crippen LogP contribution in [0.3, 0.4) is 0 Å². The van der Waals surface area contributed by atoms with Crippen molar-refractivity contribution in [3.05, 3.63) is 53.0 Å². The molecule has 2 aromatic carbocycles. The summed E-state index contributed by atoms with van der Waals surface area (Å²) in [5, 5.41) is 0. The standard InChI is InChI=1S/C12H9BrS/c13-10-7-5-9(6-8-10)11-3-1-2-4-12(11)14/h1-8,14H. The molecule has 0 saturated heterocycles. The normalized spacial score (nSPS) is 10.1. The van der Waals surface area contributed by atoms with Gasteiger partial charge in [-0.1, -0.05) is 46.3 Å². The van der Waals surface area contributed by atoms with Crippen LogP contribution in [-0.2, 0) is 0 Å². The first-order chi connectivity index (χ1) is 6.77.